The number of rotatable bonds is 2. The first-order valence-electron chi connectivity index (χ1n) is 4.39. The maximum Gasteiger partial charge on any atom is 0.251 e. The Labute approximate surface area is 90.0 Å². The van der Waals surface area contributed by atoms with Gasteiger partial charge in [-0.3, -0.25) is 0 Å². The first-order valence-corrected chi connectivity index (χ1v) is 4.39. The van der Waals surface area contributed by atoms with Gasteiger partial charge in [0.1, 0.15) is 5.75 Å². The van der Waals surface area contributed by atoms with Crippen molar-refractivity contribution in [3.63, 3.8) is 0 Å². The summed E-state index contributed by atoms with van der Waals surface area (Å²) in [5, 5.41) is 20.4. The van der Waals surface area contributed by atoms with Crippen LogP contribution in [0.3, 0.4) is 0 Å². The van der Waals surface area contributed by atoms with E-state index in [1.54, 1.807) is 6.92 Å². The predicted octanol–water partition coefficient (Wildman–Crippen LogP) is 2.69. The normalized spacial score (nSPS) is 9.81. The van der Waals surface area contributed by atoms with Crippen molar-refractivity contribution >= 4 is 5.69 Å². The second-order valence-corrected chi connectivity index (χ2v) is 3.02. The molecule has 1 aromatic carbocycles. The fourth-order valence-electron chi connectivity index (χ4n) is 1.21. The topological polar surface area (TPSA) is 108 Å². The molecular formula is C9H7N5O2. The molecule has 0 amide bonds. The number of aromatic hydroxyl groups is 1. The smallest absolute Gasteiger partial charge is 0.251 e. The van der Waals surface area contributed by atoms with Crippen LogP contribution < -0.4 is 0 Å². The number of azide groups is 1. The maximum atomic E-state index is 9.60. The largest absolute Gasteiger partial charge is 0.507 e. The van der Waals surface area contributed by atoms with Crippen LogP contribution in [0.4, 0.5) is 5.69 Å². The fraction of sp³-hybridized carbons (Fsp3) is 0.111. The molecule has 0 saturated carbocycles. The summed E-state index contributed by atoms with van der Waals surface area (Å²) in [5.74, 6) is 0.564. The zero-order valence-electron chi connectivity index (χ0n) is 8.32. The average Bonchev–Trinajstić information content (AvgIpc) is 2.68. The van der Waals surface area contributed by atoms with E-state index in [0.717, 1.165) is 0 Å². The molecule has 0 spiro atoms. The standard InChI is InChI=1S/C9H7N5O2/c1-5-11-13-9(16-5)7-4-6(12-14-10)2-3-8(7)15/h2-4,15H,1H3. The van der Waals surface area contributed by atoms with Crippen LogP contribution in [0.5, 0.6) is 5.75 Å². The molecule has 2 rings (SSSR count). The molecule has 1 N–H and O–H groups in total. The number of nitrogens with zero attached hydrogens (tertiary/aromatic N) is 5. The van der Waals surface area contributed by atoms with Crippen molar-refractivity contribution in [3.05, 3.63) is 34.5 Å². The third-order valence-electron chi connectivity index (χ3n) is 1.90. The van der Waals surface area contributed by atoms with Crippen LogP contribution in [0, 0.1) is 6.92 Å². The highest BCUT2D eigenvalue weighted by Gasteiger charge is 2.11. The Morgan fingerprint density at radius 1 is 1.44 bits per heavy atom. The highest BCUT2D eigenvalue weighted by atomic mass is 16.4. The van der Waals surface area contributed by atoms with Crippen LogP contribution in [-0.2, 0) is 0 Å². The molecule has 0 radical (unpaired) electrons. The Morgan fingerprint density at radius 3 is 2.88 bits per heavy atom. The monoisotopic (exact) mass is 217 g/mol. The number of phenolic OH excluding ortho intramolecular Hbond substituents is 1. The van der Waals surface area contributed by atoms with Crippen molar-refractivity contribution in [3.8, 4) is 17.2 Å². The Balaban J connectivity index is 2.54. The van der Waals surface area contributed by atoms with Crippen molar-refractivity contribution in [2.24, 2.45) is 5.11 Å². The van der Waals surface area contributed by atoms with E-state index in [4.69, 9.17) is 9.95 Å². The Kier molecular flexibility index (Phi) is 2.45. The molecule has 80 valence electrons. The summed E-state index contributed by atoms with van der Waals surface area (Å²) in [6.07, 6.45) is 0. The maximum absolute atomic E-state index is 9.60. The lowest BCUT2D eigenvalue weighted by Gasteiger charge is -2.00. The highest BCUT2D eigenvalue weighted by Crippen LogP contribution is 2.31. The number of benzene rings is 1. The highest BCUT2D eigenvalue weighted by molar-refractivity contribution is 5.66. The molecule has 7 nitrogen and oxygen atoms in total. The third kappa shape index (κ3) is 1.79. The Hall–Kier alpha value is -2.53. The molecule has 0 aliphatic carbocycles. The van der Waals surface area contributed by atoms with Gasteiger partial charge < -0.3 is 9.52 Å². The zero-order valence-corrected chi connectivity index (χ0v) is 8.32. The van der Waals surface area contributed by atoms with Gasteiger partial charge in [-0.1, -0.05) is 5.11 Å². The molecule has 2 aromatic rings. The van der Waals surface area contributed by atoms with Crippen LogP contribution in [0.15, 0.2) is 27.7 Å². The van der Waals surface area contributed by atoms with Gasteiger partial charge in [0.05, 0.1) is 5.56 Å². The van der Waals surface area contributed by atoms with E-state index in [9.17, 15) is 5.11 Å². The number of hydrogen-bond acceptors (Lipinski definition) is 5. The summed E-state index contributed by atoms with van der Waals surface area (Å²) in [6, 6.07) is 4.36. The number of phenols is 1. The van der Waals surface area contributed by atoms with E-state index in [2.05, 4.69) is 20.2 Å². The van der Waals surface area contributed by atoms with Gasteiger partial charge in [0, 0.05) is 17.5 Å². The molecule has 0 saturated heterocycles. The summed E-state index contributed by atoms with van der Waals surface area (Å²) in [4.78, 5) is 2.65. The van der Waals surface area contributed by atoms with E-state index in [0.29, 0.717) is 17.1 Å². The van der Waals surface area contributed by atoms with Gasteiger partial charge in [0.15, 0.2) is 0 Å². The summed E-state index contributed by atoms with van der Waals surface area (Å²) in [6.45, 7) is 1.64. The quantitative estimate of drug-likeness (QED) is 0.473. The number of aryl methyl sites for hydroxylation is 1. The molecule has 0 fully saturated rings. The van der Waals surface area contributed by atoms with Crippen molar-refractivity contribution in [2.45, 2.75) is 6.92 Å². The number of aromatic nitrogens is 2. The molecule has 0 atom stereocenters. The molecule has 0 aliphatic heterocycles. The van der Waals surface area contributed by atoms with Gasteiger partial charge in [0.25, 0.3) is 5.89 Å². The second kappa shape index (κ2) is 3.92. The minimum absolute atomic E-state index is 0.0134. The van der Waals surface area contributed by atoms with Crippen LogP contribution in [0.2, 0.25) is 0 Å². The first-order chi connectivity index (χ1) is 7.70. The molecule has 0 bridgehead atoms. The van der Waals surface area contributed by atoms with Crippen molar-refractivity contribution in [1.29, 1.82) is 0 Å². The van der Waals surface area contributed by atoms with E-state index in [-0.39, 0.29) is 11.6 Å². The summed E-state index contributed by atoms with van der Waals surface area (Å²) in [5.41, 5.74) is 9.00. The third-order valence-corrected chi connectivity index (χ3v) is 1.90. The fourth-order valence-corrected chi connectivity index (χ4v) is 1.21. The van der Waals surface area contributed by atoms with E-state index in [1.807, 2.05) is 0 Å². The predicted molar refractivity (Wildman–Crippen MR) is 54.9 cm³/mol. The van der Waals surface area contributed by atoms with Crippen LogP contribution in [-0.4, -0.2) is 15.3 Å². The molecule has 1 aromatic heterocycles. The summed E-state index contributed by atoms with van der Waals surface area (Å²) >= 11 is 0. The van der Waals surface area contributed by atoms with Crippen LogP contribution in [0.1, 0.15) is 5.89 Å². The Morgan fingerprint density at radius 2 is 2.25 bits per heavy atom. The molecule has 0 unspecified atom stereocenters. The van der Waals surface area contributed by atoms with E-state index in [1.165, 1.54) is 18.2 Å². The van der Waals surface area contributed by atoms with Crippen molar-refractivity contribution in [2.75, 3.05) is 0 Å². The van der Waals surface area contributed by atoms with Gasteiger partial charge in [-0.05, 0) is 23.7 Å². The van der Waals surface area contributed by atoms with Crippen molar-refractivity contribution in [1.82, 2.24) is 10.2 Å². The SMILES string of the molecule is Cc1nnc(-c2cc(N=[N+]=[N-])ccc2O)o1. The van der Waals surface area contributed by atoms with E-state index < -0.39 is 0 Å². The van der Waals surface area contributed by atoms with Crippen LogP contribution >= 0.6 is 0 Å². The van der Waals surface area contributed by atoms with Gasteiger partial charge in [-0.15, -0.1) is 10.2 Å². The van der Waals surface area contributed by atoms with Crippen molar-refractivity contribution < 1.29 is 9.52 Å². The average molecular weight is 217 g/mol. The lowest BCUT2D eigenvalue weighted by molar-refractivity contribution is 0.471. The van der Waals surface area contributed by atoms with Gasteiger partial charge in [-0.25, -0.2) is 0 Å². The number of hydrogen-bond donors (Lipinski definition) is 1. The molecule has 1 heterocycles. The first kappa shape index (κ1) is 10.0. The molecule has 16 heavy (non-hydrogen) atoms. The van der Waals surface area contributed by atoms with Crippen LogP contribution in [0.25, 0.3) is 21.9 Å². The molecule has 7 heteroatoms. The van der Waals surface area contributed by atoms with Gasteiger partial charge in [-0.2, -0.15) is 0 Å². The lowest BCUT2D eigenvalue weighted by Crippen LogP contribution is -1.79. The summed E-state index contributed by atoms with van der Waals surface area (Å²) < 4.78 is 5.17. The minimum Gasteiger partial charge on any atom is -0.507 e. The van der Waals surface area contributed by atoms with E-state index >= 15 is 0 Å². The molecular weight excluding hydrogens is 210 g/mol. The minimum atomic E-state index is -0.0134. The molecule has 0 aliphatic rings. The lowest BCUT2D eigenvalue weighted by atomic mass is 10.2. The Bertz CT molecular complexity index is 571. The second-order valence-electron chi connectivity index (χ2n) is 3.02. The summed E-state index contributed by atoms with van der Waals surface area (Å²) in [7, 11) is 0. The van der Waals surface area contributed by atoms with Gasteiger partial charge in [0.2, 0.25) is 5.89 Å². The zero-order chi connectivity index (χ0) is 11.5. The van der Waals surface area contributed by atoms with Gasteiger partial charge >= 0.3 is 0 Å².